The molecule has 0 saturated carbocycles. The first-order chi connectivity index (χ1) is 10.9. The van der Waals surface area contributed by atoms with Gasteiger partial charge in [0.05, 0.1) is 6.10 Å². The van der Waals surface area contributed by atoms with E-state index in [-0.39, 0.29) is 0 Å². The predicted molar refractivity (Wildman–Crippen MR) is 83.7 cm³/mol. The van der Waals surface area contributed by atoms with Crippen molar-refractivity contribution in [3.05, 3.63) is 30.3 Å². The van der Waals surface area contributed by atoms with Gasteiger partial charge in [-0.3, -0.25) is 9.59 Å². The van der Waals surface area contributed by atoms with Crippen molar-refractivity contribution in [1.82, 2.24) is 0 Å². The van der Waals surface area contributed by atoms with Crippen LogP contribution in [0.4, 0.5) is 0 Å². The highest BCUT2D eigenvalue weighted by atomic mass is 32.2. The third-order valence-corrected chi connectivity index (χ3v) is 4.51. The van der Waals surface area contributed by atoms with E-state index < -0.39 is 41.8 Å². The average Bonchev–Trinajstić information content (AvgIpc) is 2.48. The summed E-state index contributed by atoms with van der Waals surface area (Å²) in [5.41, 5.74) is -0.593. The maximum absolute atomic E-state index is 11.4. The topological polar surface area (TPSA) is 82.1 Å². The standard InChI is InChI=1S/C16H20O6S/c1-9-13(19)14(21-10(2)17)15(22-11(3)18)16(20-9)23-12-7-5-4-6-8-12/h4-9,13-16,19H,1-3H3/t9?,13-,14?,15+,16-/m1/s1. The molecule has 2 rings (SSSR count). The molecule has 126 valence electrons. The normalized spacial score (nSPS) is 30.5. The number of esters is 2. The van der Waals surface area contributed by atoms with E-state index in [1.54, 1.807) is 6.92 Å². The maximum atomic E-state index is 11.4. The van der Waals surface area contributed by atoms with Crippen molar-refractivity contribution in [2.45, 2.75) is 55.5 Å². The fourth-order valence-electron chi connectivity index (χ4n) is 2.36. The van der Waals surface area contributed by atoms with Gasteiger partial charge in [0.25, 0.3) is 0 Å². The van der Waals surface area contributed by atoms with Crippen LogP contribution in [0, 0.1) is 0 Å². The Hall–Kier alpha value is -1.57. The Labute approximate surface area is 139 Å². The SMILES string of the molecule is CC(=O)OC1[C@H](O)C(C)O[C@H](Sc2ccccc2)[C@H]1OC(C)=O. The number of benzene rings is 1. The molecule has 0 radical (unpaired) electrons. The summed E-state index contributed by atoms with van der Waals surface area (Å²) in [5.74, 6) is -1.08. The number of aliphatic hydroxyl groups excluding tert-OH is 1. The van der Waals surface area contributed by atoms with Crippen molar-refractivity contribution in [3.63, 3.8) is 0 Å². The van der Waals surface area contributed by atoms with Crippen molar-refractivity contribution in [1.29, 1.82) is 0 Å². The predicted octanol–water partition coefficient (Wildman–Crippen LogP) is 1.75. The summed E-state index contributed by atoms with van der Waals surface area (Å²) in [7, 11) is 0. The number of hydrogen-bond acceptors (Lipinski definition) is 7. The van der Waals surface area contributed by atoms with E-state index in [0.717, 1.165) is 4.90 Å². The summed E-state index contributed by atoms with van der Waals surface area (Å²) in [4.78, 5) is 23.7. The van der Waals surface area contributed by atoms with Gasteiger partial charge in [-0.05, 0) is 19.1 Å². The van der Waals surface area contributed by atoms with Crippen LogP contribution in [0.1, 0.15) is 20.8 Å². The summed E-state index contributed by atoms with van der Waals surface area (Å²) in [6.07, 6.45) is -3.50. The second-order valence-corrected chi connectivity index (χ2v) is 6.45. The second kappa shape index (κ2) is 7.81. The Morgan fingerprint density at radius 2 is 1.65 bits per heavy atom. The minimum absolute atomic E-state index is 0.531. The molecule has 1 saturated heterocycles. The van der Waals surface area contributed by atoms with E-state index in [0.29, 0.717) is 0 Å². The van der Waals surface area contributed by atoms with Gasteiger partial charge < -0.3 is 19.3 Å². The summed E-state index contributed by atoms with van der Waals surface area (Å²) < 4.78 is 16.3. The monoisotopic (exact) mass is 340 g/mol. The molecule has 0 aliphatic carbocycles. The molecular weight excluding hydrogens is 320 g/mol. The minimum atomic E-state index is -1.07. The molecule has 7 heteroatoms. The zero-order valence-corrected chi connectivity index (χ0v) is 14.0. The van der Waals surface area contributed by atoms with Crippen LogP contribution in [0.3, 0.4) is 0 Å². The molecule has 0 amide bonds. The Morgan fingerprint density at radius 1 is 1.09 bits per heavy atom. The quantitative estimate of drug-likeness (QED) is 0.836. The largest absolute Gasteiger partial charge is 0.456 e. The Kier molecular flexibility index (Phi) is 6.04. The summed E-state index contributed by atoms with van der Waals surface area (Å²) >= 11 is 1.35. The summed E-state index contributed by atoms with van der Waals surface area (Å²) in [5, 5.41) is 10.3. The molecule has 0 aromatic heterocycles. The van der Waals surface area contributed by atoms with Gasteiger partial charge in [-0.15, -0.1) is 0 Å². The van der Waals surface area contributed by atoms with Crippen molar-refractivity contribution < 1.29 is 28.9 Å². The molecule has 1 heterocycles. The van der Waals surface area contributed by atoms with Gasteiger partial charge in [0.15, 0.2) is 12.2 Å². The molecule has 0 bridgehead atoms. The van der Waals surface area contributed by atoms with Crippen LogP contribution in [0.25, 0.3) is 0 Å². The van der Waals surface area contributed by atoms with Crippen molar-refractivity contribution in [2.75, 3.05) is 0 Å². The molecule has 1 aliphatic rings. The molecule has 2 unspecified atom stereocenters. The van der Waals surface area contributed by atoms with Crippen LogP contribution >= 0.6 is 11.8 Å². The van der Waals surface area contributed by atoms with E-state index >= 15 is 0 Å². The fraction of sp³-hybridized carbons (Fsp3) is 0.500. The molecule has 1 aromatic carbocycles. The second-order valence-electron chi connectivity index (χ2n) is 5.28. The first kappa shape index (κ1) is 17.8. The third-order valence-electron chi connectivity index (χ3n) is 3.36. The Morgan fingerprint density at radius 3 is 2.22 bits per heavy atom. The number of carbonyl (C=O) groups excluding carboxylic acids is 2. The minimum Gasteiger partial charge on any atom is -0.456 e. The van der Waals surface area contributed by atoms with Gasteiger partial charge in [0.1, 0.15) is 11.5 Å². The Bertz CT molecular complexity index is 549. The lowest BCUT2D eigenvalue weighted by atomic mass is 10.0. The first-order valence-electron chi connectivity index (χ1n) is 7.28. The number of thioether (sulfide) groups is 1. The third kappa shape index (κ3) is 4.70. The number of aliphatic hydroxyl groups is 1. The molecule has 1 aromatic rings. The fourth-order valence-corrected chi connectivity index (χ4v) is 3.51. The summed E-state index contributed by atoms with van der Waals surface area (Å²) in [6, 6.07) is 9.45. The molecule has 1 N–H and O–H groups in total. The highest BCUT2D eigenvalue weighted by Crippen LogP contribution is 2.35. The van der Waals surface area contributed by atoms with E-state index in [1.165, 1.54) is 25.6 Å². The zero-order chi connectivity index (χ0) is 17.0. The highest BCUT2D eigenvalue weighted by molar-refractivity contribution is 7.99. The van der Waals surface area contributed by atoms with Gasteiger partial charge in [0.2, 0.25) is 0 Å². The van der Waals surface area contributed by atoms with Gasteiger partial charge in [-0.2, -0.15) is 0 Å². The molecule has 1 aliphatic heterocycles. The van der Waals surface area contributed by atoms with Gasteiger partial charge in [0, 0.05) is 18.7 Å². The van der Waals surface area contributed by atoms with Crippen molar-refractivity contribution in [2.24, 2.45) is 0 Å². The highest BCUT2D eigenvalue weighted by Gasteiger charge is 2.48. The van der Waals surface area contributed by atoms with Crippen LogP contribution in [0.2, 0.25) is 0 Å². The number of ether oxygens (including phenoxy) is 3. The van der Waals surface area contributed by atoms with Gasteiger partial charge in [-0.25, -0.2) is 0 Å². The van der Waals surface area contributed by atoms with Crippen LogP contribution < -0.4 is 0 Å². The molecule has 1 fully saturated rings. The van der Waals surface area contributed by atoms with E-state index in [4.69, 9.17) is 14.2 Å². The number of rotatable bonds is 4. The first-order valence-corrected chi connectivity index (χ1v) is 8.16. The number of carbonyl (C=O) groups is 2. The zero-order valence-electron chi connectivity index (χ0n) is 13.2. The summed E-state index contributed by atoms with van der Waals surface area (Å²) in [6.45, 7) is 4.19. The van der Waals surface area contributed by atoms with Crippen LogP contribution in [0.15, 0.2) is 35.2 Å². The maximum Gasteiger partial charge on any atom is 0.303 e. The van der Waals surface area contributed by atoms with E-state index in [2.05, 4.69) is 0 Å². The van der Waals surface area contributed by atoms with Gasteiger partial charge in [-0.1, -0.05) is 30.0 Å². The molecule has 6 nitrogen and oxygen atoms in total. The molecule has 0 spiro atoms. The van der Waals surface area contributed by atoms with Gasteiger partial charge >= 0.3 is 11.9 Å². The van der Waals surface area contributed by atoms with Crippen molar-refractivity contribution in [3.8, 4) is 0 Å². The van der Waals surface area contributed by atoms with Crippen LogP contribution in [-0.4, -0.2) is 46.9 Å². The Balaban J connectivity index is 2.25. The van der Waals surface area contributed by atoms with Crippen LogP contribution in [0.5, 0.6) is 0 Å². The lowest BCUT2D eigenvalue weighted by Gasteiger charge is -2.42. The number of hydrogen-bond donors (Lipinski definition) is 1. The molecule has 5 atom stereocenters. The van der Waals surface area contributed by atoms with E-state index in [9.17, 15) is 14.7 Å². The molecular formula is C16H20O6S. The average molecular weight is 340 g/mol. The molecule has 23 heavy (non-hydrogen) atoms. The van der Waals surface area contributed by atoms with Crippen LogP contribution in [-0.2, 0) is 23.8 Å². The lowest BCUT2D eigenvalue weighted by molar-refractivity contribution is -0.220. The van der Waals surface area contributed by atoms with Crippen molar-refractivity contribution >= 4 is 23.7 Å². The van der Waals surface area contributed by atoms with E-state index in [1.807, 2.05) is 30.3 Å². The smallest absolute Gasteiger partial charge is 0.303 e. The lowest BCUT2D eigenvalue weighted by Crippen LogP contribution is -2.58.